The molecular formula is C19H28N2O3. The van der Waals surface area contributed by atoms with Gasteiger partial charge in [0.15, 0.2) is 0 Å². The van der Waals surface area contributed by atoms with Gasteiger partial charge in [0, 0.05) is 11.7 Å². The lowest BCUT2D eigenvalue weighted by atomic mass is 9.86. The van der Waals surface area contributed by atoms with Gasteiger partial charge in [0.25, 0.3) is 0 Å². The fraction of sp³-hybridized carbons (Fsp3) is 0.579. The van der Waals surface area contributed by atoms with E-state index in [0.717, 1.165) is 37.9 Å². The second-order valence-corrected chi connectivity index (χ2v) is 6.52. The molecule has 5 nitrogen and oxygen atoms in total. The van der Waals surface area contributed by atoms with E-state index in [9.17, 15) is 9.59 Å². The monoisotopic (exact) mass is 332 g/mol. The quantitative estimate of drug-likeness (QED) is 0.619. The molecule has 1 aliphatic rings. The Hall–Kier alpha value is -2.04. The van der Waals surface area contributed by atoms with Crippen LogP contribution in [0.3, 0.4) is 0 Å². The normalized spacial score (nSPS) is 20.2. The lowest BCUT2D eigenvalue weighted by molar-refractivity contribution is -0.137. The van der Waals surface area contributed by atoms with Crippen LogP contribution in [0.2, 0.25) is 0 Å². The molecule has 0 radical (unpaired) electrons. The molecule has 5 heteroatoms. The Morgan fingerprint density at radius 2 is 1.83 bits per heavy atom. The van der Waals surface area contributed by atoms with Gasteiger partial charge in [0.1, 0.15) is 5.75 Å². The largest absolute Gasteiger partial charge is 0.494 e. The molecule has 1 saturated carbocycles. The molecule has 2 amide bonds. The van der Waals surface area contributed by atoms with Crippen molar-refractivity contribution >= 4 is 17.5 Å². The first-order chi connectivity index (χ1) is 11.6. The Morgan fingerprint density at radius 3 is 2.50 bits per heavy atom. The van der Waals surface area contributed by atoms with Crippen molar-refractivity contribution in [2.24, 2.45) is 5.92 Å². The number of unbranched alkanes of at least 4 members (excludes halogenated alkanes) is 1. The van der Waals surface area contributed by atoms with Crippen LogP contribution in [0.5, 0.6) is 5.75 Å². The summed E-state index contributed by atoms with van der Waals surface area (Å²) < 4.78 is 5.57. The van der Waals surface area contributed by atoms with Crippen LogP contribution < -0.4 is 15.4 Å². The van der Waals surface area contributed by atoms with Gasteiger partial charge in [-0.15, -0.1) is 0 Å². The average molecular weight is 332 g/mol. The topological polar surface area (TPSA) is 67.4 Å². The summed E-state index contributed by atoms with van der Waals surface area (Å²) in [4.78, 5) is 24.1. The van der Waals surface area contributed by atoms with Crippen molar-refractivity contribution in [1.82, 2.24) is 5.32 Å². The average Bonchev–Trinajstić information content (AvgIpc) is 2.58. The first-order valence-electron chi connectivity index (χ1n) is 8.95. The van der Waals surface area contributed by atoms with Gasteiger partial charge in [-0.25, -0.2) is 0 Å². The van der Waals surface area contributed by atoms with Gasteiger partial charge in [0.2, 0.25) is 0 Å². The Morgan fingerprint density at radius 1 is 1.12 bits per heavy atom. The molecule has 0 unspecified atom stereocenters. The summed E-state index contributed by atoms with van der Waals surface area (Å²) in [7, 11) is 0. The van der Waals surface area contributed by atoms with Crippen LogP contribution in [0.4, 0.5) is 5.69 Å². The molecule has 1 aliphatic carbocycles. The van der Waals surface area contributed by atoms with E-state index >= 15 is 0 Å². The van der Waals surface area contributed by atoms with Gasteiger partial charge in [0.05, 0.1) is 6.61 Å². The Labute approximate surface area is 144 Å². The molecule has 1 aromatic carbocycles. The molecule has 1 fully saturated rings. The van der Waals surface area contributed by atoms with Crippen molar-refractivity contribution in [3.63, 3.8) is 0 Å². The van der Waals surface area contributed by atoms with Crippen molar-refractivity contribution in [2.75, 3.05) is 11.9 Å². The van der Waals surface area contributed by atoms with Gasteiger partial charge in [-0.3, -0.25) is 9.59 Å². The van der Waals surface area contributed by atoms with E-state index in [-0.39, 0.29) is 6.04 Å². The number of anilines is 1. The number of nitrogens with one attached hydrogen (secondary N) is 2. The zero-order valence-corrected chi connectivity index (χ0v) is 14.6. The number of rotatable bonds is 6. The van der Waals surface area contributed by atoms with E-state index in [1.165, 1.54) is 6.42 Å². The number of amides is 2. The van der Waals surface area contributed by atoms with Crippen LogP contribution >= 0.6 is 0 Å². The minimum atomic E-state index is -0.618. The minimum absolute atomic E-state index is 0.103. The lowest BCUT2D eigenvalue weighted by Gasteiger charge is -2.29. The predicted molar refractivity (Wildman–Crippen MR) is 95.0 cm³/mol. The minimum Gasteiger partial charge on any atom is -0.494 e. The molecule has 0 aromatic heterocycles. The van der Waals surface area contributed by atoms with E-state index in [1.54, 1.807) is 24.3 Å². The SMILES string of the molecule is CCCCOc1ccc(NC(=O)C(=O)N[C@H]2CCCC[C@@H]2C)cc1. The van der Waals surface area contributed by atoms with Gasteiger partial charge in [-0.05, 0) is 49.4 Å². The Kier molecular flexibility index (Phi) is 7.09. The third kappa shape index (κ3) is 5.55. The van der Waals surface area contributed by atoms with Crippen LogP contribution in [0.1, 0.15) is 52.4 Å². The maximum atomic E-state index is 12.1. The lowest BCUT2D eigenvalue weighted by Crippen LogP contribution is -2.45. The van der Waals surface area contributed by atoms with E-state index in [4.69, 9.17) is 4.74 Å². The molecule has 0 heterocycles. The number of benzene rings is 1. The number of hydrogen-bond acceptors (Lipinski definition) is 3. The molecule has 0 aliphatic heterocycles. The molecule has 2 atom stereocenters. The molecule has 0 spiro atoms. The third-order valence-electron chi connectivity index (χ3n) is 4.51. The molecule has 0 saturated heterocycles. The van der Waals surface area contributed by atoms with Crippen LogP contribution in [-0.2, 0) is 9.59 Å². The summed E-state index contributed by atoms with van der Waals surface area (Å²) in [5, 5.41) is 5.49. The molecule has 24 heavy (non-hydrogen) atoms. The zero-order valence-electron chi connectivity index (χ0n) is 14.6. The second kappa shape index (κ2) is 9.30. The van der Waals surface area contributed by atoms with Crippen molar-refractivity contribution in [1.29, 1.82) is 0 Å². The van der Waals surface area contributed by atoms with Crippen LogP contribution in [-0.4, -0.2) is 24.5 Å². The maximum Gasteiger partial charge on any atom is 0.313 e. The van der Waals surface area contributed by atoms with Crippen molar-refractivity contribution in [3.8, 4) is 5.75 Å². The van der Waals surface area contributed by atoms with E-state index in [0.29, 0.717) is 18.2 Å². The van der Waals surface area contributed by atoms with E-state index in [1.807, 2.05) is 0 Å². The van der Waals surface area contributed by atoms with E-state index in [2.05, 4.69) is 24.5 Å². The molecule has 132 valence electrons. The molecule has 2 N–H and O–H groups in total. The molecule has 2 rings (SSSR count). The van der Waals surface area contributed by atoms with Gasteiger partial charge in [-0.2, -0.15) is 0 Å². The van der Waals surface area contributed by atoms with Gasteiger partial charge >= 0.3 is 11.8 Å². The Bertz CT molecular complexity index is 542. The first kappa shape index (κ1) is 18.3. The standard InChI is InChI=1S/C19H28N2O3/c1-3-4-13-24-16-11-9-15(10-12-16)20-18(22)19(23)21-17-8-6-5-7-14(17)2/h9-12,14,17H,3-8,13H2,1-2H3,(H,20,22)(H,21,23)/t14-,17-/m0/s1. The smallest absolute Gasteiger partial charge is 0.313 e. The highest BCUT2D eigenvalue weighted by molar-refractivity contribution is 6.39. The summed E-state index contributed by atoms with van der Waals surface area (Å²) in [5.74, 6) is 0.0152. The number of carbonyl (C=O) groups excluding carboxylic acids is 2. The van der Waals surface area contributed by atoms with Gasteiger partial charge in [-0.1, -0.05) is 33.1 Å². The number of carbonyl (C=O) groups is 2. The van der Waals surface area contributed by atoms with Crippen LogP contribution in [0.15, 0.2) is 24.3 Å². The van der Waals surface area contributed by atoms with Crippen molar-refractivity contribution in [3.05, 3.63) is 24.3 Å². The number of ether oxygens (including phenoxy) is 1. The summed E-state index contributed by atoms with van der Waals surface area (Å²) in [6.07, 6.45) is 6.46. The second-order valence-electron chi connectivity index (χ2n) is 6.52. The fourth-order valence-corrected chi connectivity index (χ4v) is 2.92. The summed E-state index contributed by atoms with van der Waals surface area (Å²) in [5.41, 5.74) is 0.592. The first-order valence-corrected chi connectivity index (χ1v) is 8.95. The van der Waals surface area contributed by atoms with Crippen molar-refractivity contribution in [2.45, 2.75) is 58.4 Å². The van der Waals surface area contributed by atoms with Crippen LogP contribution in [0, 0.1) is 5.92 Å². The maximum absolute atomic E-state index is 12.1. The van der Waals surface area contributed by atoms with Gasteiger partial charge < -0.3 is 15.4 Å². The van der Waals surface area contributed by atoms with E-state index < -0.39 is 11.8 Å². The third-order valence-corrected chi connectivity index (χ3v) is 4.51. The van der Waals surface area contributed by atoms with Crippen molar-refractivity contribution < 1.29 is 14.3 Å². The number of hydrogen-bond donors (Lipinski definition) is 2. The fourth-order valence-electron chi connectivity index (χ4n) is 2.92. The Balaban J connectivity index is 1.81. The highest BCUT2D eigenvalue weighted by atomic mass is 16.5. The predicted octanol–water partition coefficient (Wildman–Crippen LogP) is 3.50. The highest BCUT2D eigenvalue weighted by Crippen LogP contribution is 2.23. The highest BCUT2D eigenvalue weighted by Gasteiger charge is 2.25. The summed E-state index contributed by atoms with van der Waals surface area (Å²) in [6, 6.07) is 7.19. The molecule has 1 aromatic rings. The molecular weight excluding hydrogens is 304 g/mol. The summed E-state index contributed by atoms with van der Waals surface area (Å²) >= 11 is 0. The summed E-state index contributed by atoms with van der Waals surface area (Å²) in [6.45, 7) is 4.92. The zero-order chi connectivity index (χ0) is 17.4. The molecule has 0 bridgehead atoms. The van der Waals surface area contributed by atoms with Crippen LogP contribution in [0.25, 0.3) is 0 Å².